The summed E-state index contributed by atoms with van der Waals surface area (Å²) in [7, 11) is 1.15. The van der Waals surface area contributed by atoms with Gasteiger partial charge in [-0.25, -0.2) is 0 Å². The van der Waals surface area contributed by atoms with Crippen molar-refractivity contribution in [2.75, 3.05) is 47.5 Å². The lowest BCUT2D eigenvalue weighted by atomic mass is 10.1. The van der Waals surface area contributed by atoms with E-state index in [1.54, 1.807) is 0 Å². The number of allylic oxidation sites excluding steroid dienone is 4. The van der Waals surface area contributed by atoms with Gasteiger partial charge in [-0.3, -0.25) is 14.2 Å². The standard InChI is InChI=1S/C36H68NO8P/c1-6-8-10-12-13-14-15-16-17-18-19-20-21-22-23-24-25-27-29-36(39)45-34(32-42-35(38)28-26-11-9-7-2)33-44-46(40,41)43-31-30-37(3,4)5/h14-15,17-18,34H,6-13,16,19-33H2,1-5H3/b15-14-,18-17-. The molecule has 9 nitrogen and oxygen atoms in total. The summed E-state index contributed by atoms with van der Waals surface area (Å²) < 4.78 is 33.4. The number of likely N-dealkylation sites (N-methyl/N-ethyl adjacent to an activating group) is 1. The van der Waals surface area contributed by atoms with Crippen LogP contribution in [0.25, 0.3) is 0 Å². The summed E-state index contributed by atoms with van der Waals surface area (Å²) in [6.07, 6.45) is 28.3. The van der Waals surface area contributed by atoms with Crippen LogP contribution in [-0.2, 0) is 32.7 Å². The molecule has 0 saturated heterocycles. The zero-order chi connectivity index (χ0) is 34.4. The largest absolute Gasteiger partial charge is 0.756 e. The highest BCUT2D eigenvalue weighted by Gasteiger charge is 2.21. The molecular formula is C36H68NO8P. The van der Waals surface area contributed by atoms with Gasteiger partial charge in [0.1, 0.15) is 19.8 Å². The van der Waals surface area contributed by atoms with Crippen molar-refractivity contribution in [3.05, 3.63) is 24.3 Å². The van der Waals surface area contributed by atoms with Gasteiger partial charge in [-0.05, 0) is 44.9 Å². The molecule has 2 atom stereocenters. The molecule has 270 valence electrons. The molecule has 0 aliphatic heterocycles. The van der Waals surface area contributed by atoms with Crippen LogP contribution in [0.2, 0.25) is 0 Å². The van der Waals surface area contributed by atoms with Crippen LogP contribution < -0.4 is 4.89 Å². The lowest BCUT2D eigenvalue weighted by molar-refractivity contribution is -0.870. The third kappa shape index (κ3) is 32.4. The Morgan fingerprint density at radius 2 is 1.17 bits per heavy atom. The third-order valence-corrected chi connectivity index (χ3v) is 8.44. The van der Waals surface area contributed by atoms with Gasteiger partial charge in [-0.1, -0.05) is 109 Å². The van der Waals surface area contributed by atoms with Crippen molar-refractivity contribution in [3.63, 3.8) is 0 Å². The Labute approximate surface area is 281 Å². The van der Waals surface area contributed by atoms with Crippen molar-refractivity contribution in [1.82, 2.24) is 0 Å². The van der Waals surface area contributed by atoms with Crippen LogP contribution in [0.1, 0.15) is 142 Å². The molecule has 0 aromatic carbocycles. The highest BCUT2D eigenvalue weighted by atomic mass is 31.2. The Hall–Kier alpha value is -1.51. The van der Waals surface area contributed by atoms with Crippen LogP contribution in [0.3, 0.4) is 0 Å². The van der Waals surface area contributed by atoms with Crippen molar-refractivity contribution >= 4 is 19.8 Å². The Morgan fingerprint density at radius 1 is 0.674 bits per heavy atom. The molecule has 0 aliphatic rings. The molecule has 0 aromatic rings. The molecule has 10 heteroatoms. The predicted octanol–water partition coefficient (Wildman–Crippen LogP) is 8.60. The van der Waals surface area contributed by atoms with E-state index in [2.05, 4.69) is 38.2 Å². The molecule has 0 rings (SSSR count). The third-order valence-electron chi connectivity index (χ3n) is 7.47. The molecule has 0 N–H and O–H groups in total. The van der Waals surface area contributed by atoms with Crippen molar-refractivity contribution in [3.8, 4) is 0 Å². The van der Waals surface area contributed by atoms with Crippen molar-refractivity contribution < 1.29 is 42.1 Å². The number of quaternary nitrogens is 1. The van der Waals surface area contributed by atoms with Gasteiger partial charge in [-0.2, -0.15) is 0 Å². The van der Waals surface area contributed by atoms with Gasteiger partial charge in [0, 0.05) is 12.8 Å². The highest BCUT2D eigenvalue weighted by molar-refractivity contribution is 7.45. The van der Waals surface area contributed by atoms with E-state index in [1.807, 2.05) is 21.1 Å². The molecule has 0 radical (unpaired) electrons. The fourth-order valence-corrected chi connectivity index (χ4v) is 5.29. The van der Waals surface area contributed by atoms with Crippen molar-refractivity contribution in [2.45, 2.75) is 148 Å². The maximum Gasteiger partial charge on any atom is 0.306 e. The maximum absolute atomic E-state index is 12.5. The van der Waals surface area contributed by atoms with Crippen molar-refractivity contribution in [2.24, 2.45) is 0 Å². The topological polar surface area (TPSA) is 111 Å². The quantitative estimate of drug-likeness (QED) is 0.0230. The second kappa shape index (κ2) is 29.6. The predicted molar refractivity (Wildman–Crippen MR) is 185 cm³/mol. The molecule has 0 saturated carbocycles. The smallest absolute Gasteiger partial charge is 0.306 e. The van der Waals surface area contributed by atoms with E-state index >= 15 is 0 Å². The molecule has 0 aliphatic carbocycles. The minimum Gasteiger partial charge on any atom is -0.756 e. The van der Waals surface area contributed by atoms with E-state index in [1.165, 1.54) is 51.4 Å². The maximum atomic E-state index is 12.5. The Kier molecular flexibility index (Phi) is 28.6. The van der Waals surface area contributed by atoms with Gasteiger partial charge in [0.25, 0.3) is 7.82 Å². The Bertz CT molecular complexity index is 855. The fraction of sp³-hybridized carbons (Fsp3) is 0.833. The number of nitrogens with zero attached hydrogens (tertiary/aromatic N) is 1. The average Bonchev–Trinajstić information content (AvgIpc) is 2.99. The number of ether oxygens (including phenoxy) is 2. The van der Waals surface area contributed by atoms with E-state index in [9.17, 15) is 19.0 Å². The number of esters is 2. The van der Waals surface area contributed by atoms with E-state index in [0.717, 1.165) is 57.8 Å². The van der Waals surface area contributed by atoms with Crippen LogP contribution in [0.15, 0.2) is 24.3 Å². The minimum absolute atomic E-state index is 0.0320. The summed E-state index contributed by atoms with van der Waals surface area (Å²) in [4.78, 5) is 36.9. The van der Waals surface area contributed by atoms with Crippen LogP contribution in [0, 0.1) is 0 Å². The molecular weight excluding hydrogens is 605 g/mol. The monoisotopic (exact) mass is 673 g/mol. The zero-order valence-corrected chi connectivity index (χ0v) is 30.9. The highest BCUT2D eigenvalue weighted by Crippen LogP contribution is 2.38. The van der Waals surface area contributed by atoms with Crippen molar-refractivity contribution in [1.29, 1.82) is 0 Å². The molecule has 0 heterocycles. The second-order valence-corrected chi connectivity index (χ2v) is 14.6. The first-order valence-corrected chi connectivity index (χ1v) is 19.5. The number of rotatable bonds is 32. The normalized spacial score (nSPS) is 14.1. The lowest BCUT2D eigenvalue weighted by Crippen LogP contribution is -2.37. The average molecular weight is 674 g/mol. The molecule has 0 aromatic heterocycles. The van der Waals surface area contributed by atoms with Gasteiger partial charge in [0.2, 0.25) is 0 Å². The van der Waals surface area contributed by atoms with Crippen LogP contribution in [0.5, 0.6) is 0 Å². The Balaban J connectivity index is 4.27. The summed E-state index contributed by atoms with van der Waals surface area (Å²) in [6, 6.07) is 0. The van der Waals surface area contributed by atoms with E-state index in [-0.39, 0.29) is 26.1 Å². The molecule has 0 spiro atoms. The Morgan fingerprint density at radius 3 is 1.74 bits per heavy atom. The van der Waals surface area contributed by atoms with E-state index in [4.69, 9.17) is 18.5 Å². The van der Waals surface area contributed by atoms with Crippen LogP contribution in [0.4, 0.5) is 0 Å². The number of phosphoric acid groups is 1. The molecule has 2 unspecified atom stereocenters. The first-order valence-electron chi connectivity index (χ1n) is 18.0. The zero-order valence-electron chi connectivity index (χ0n) is 30.0. The lowest BCUT2D eigenvalue weighted by Gasteiger charge is -2.28. The summed E-state index contributed by atoms with van der Waals surface area (Å²) >= 11 is 0. The van der Waals surface area contributed by atoms with Gasteiger partial charge in [0.05, 0.1) is 27.7 Å². The SMILES string of the molecule is CCCCCC/C=C\C/C=C\CCCCCCCCCC(=O)OC(COC(=O)CCCCCC)COP(=O)([O-])OCC[N+](C)(C)C. The number of carbonyl (C=O) groups excluding carboxylic acids is 2. The van der Waals surface area contributed by atoms with E-state index in [0.29, 0.717) is 17.4 Å². The molecule has 0 amide bonds. The number of hydrogen-bond acceptors (Lipinski definition) is 8. The number of carbonyl (C=O) groups is 2. The molecule has 0 bridgehead atoms. The van der Waals surface area contributed by atoms with Gasteiger partial charge in [0.15, 0.2) is 6.10 Å². The first kappa shape index (κ1) is 44.5. The fourth-order valence-electron chi connectivity index (χ4n) is 4.56. The summed E-state index contributed by atoms with van der Waals surface area (Å²) in [6.45, 7) is 4.04. The van der Waals surface area contributed by atoms with Gasteiger partial charge >= 0.3 is 11.9 Å². The summed E-state index contributed by atoms with van der Waals surface area (Å²) in [5, 5.41) is 0. The van der Waals surface area contributed by atoms with E-state index < -0.39 is 32.5 Å². The molecule has 46 heavy (non-hydrogen) atoms. The second-order valence-electron chi connectivity index (χ2n) is 13.2. The number of phosphoric ester groups is 1. The number of hydrogen-bond donors (Lipinski definition) is 0. The number of unbranched alkanes of at least 4 members (excludes halogenated alkanes) is 14. The summed E-state index contributed by atoms with van der Waals surface area (Å²) in [5.74, 6) is -0.865. The van der Waals surface area contributed by atoms with Crippen LogP contribution in [-0.4, -0.2) is 70.0 Å². The molecule has 0 fully saturated rings. The van der Waals surface area contributed by atoms with Gasteiger partial charge in [-0.15, -0.1) is 0 Å². The summed E-state index contributed by atoms with van der Waals surface area (Å²) in [5.41, 5.74) is 0. The minimum atomic E-state index is -4.60. The van der Waals surface area contributed by atoms with Crippen LogP contribution >= 0.6 is 7.82 Å². The van der Waals surface area contributed by atoms with Gasteiger partial charge < -0.3 is 27.9 Å². The first-order chi connectivity index (χ1) is 22.0.